The average Bonchev–Trinajstić information content (AvgIpc) is 2.18. The van der Waals surface area contributed by atoms with Gasteiger partial charge in [0.1, 0.15) is 0 Å². The Morgan fingerprint density at radius 3 is 2.54 bits per heavy atom. The summed E-state index contributed by atoms with van der Waals surface area (Å²) in [5.74, 6) is 2.04. The summed E-state index contributed by atoms with van der Waals surface area (Å²) in [6.45, 7) is 0. The van der Waals surface area contributed by atoms with E-state index in [9.17, 15) is 0 Å². The van der Waals surface area contributed by atoms with Gasteiger partial charge in [0.15, 0.2) is 0 Å². The molecule has 0 amide bonds. The number of rotatable bonds is 2. The van der Waals surface area contributed by atoms with Crippen LogP contribution in [0.25, 0.3) is 0 Å². The van der Waals surface area contributed by atoms with Crippen LogP contribution < -0.4 is 5.48 Å². The fourth-order valence-electron chi connectivity index (χ4n) is 3.15. The maximum atomic E-state index is 5.01. The third kappa shape index (κ3) is 2.23. The lowest BCUT2D eigenvalue weighted by atomic mass is 9.69. The molecule has 0 spiro atoms. The highest BCUT2D eigenvalue weighted by molar-refractivity contribution is 4.84. The first-order valence-electron chi connectivity index (χ1n) is 5.68. The van der Waals surface area contributed by atoms with E-state index >= 15 is 0 Å². The molecule has 0 aromatic carbocycles. The third-order valence-corrected chi connectivity index (χ3v) is 3.82. The van der Waals surface area contributed by atoms with Gasteiger partial charge in [0.05, 0.1) is 7.11 Å². The van der Waals surface area contributed by atoms with Crippen LogP contribution in [0.4, 0.5) is 0 Å². The summed E-state index contributed by atoms with van der Waals surface area (Å²) in [6, 6.07) is 0.629. The van der Waals surface area contributed by atoms with Gasteiger partial charge < -0.3 is 4.84 Å². The van der Waals surface area contributed by atoms with E-state index in [1.54, 1.807) is 7.11 Å². The SMILES string of the molecule is CONC1CCC2CCCCC2C1. The largest absolute Gasteiger partial charge is 0.305 e. The molecule has 13 heavy (non-hydrogen) atoms. The molecule has 3 atom stereocenters. The molecule has 2 fully saturated rings. The van der Waals surface area contributed by atoms with Crippen molar-refractivity contribution in [3.63, 3.8) is 0 Å². The lowest BCUT2D eigenvalue weighted by molar-refractivity contribution is 0.0223. The molecule has 2 aliphatic carbocycles. The zero-order chi connectivity index (χ0) is 9.10. The molecule has 1 N–H and O–H groups in total. The van der Waals surface area contributed by atoms with Crippen molar-refractivity contribution >= 4 is 0 Å². The highest BCUT2D eigenvalue weighted by atomic mass is 16.6. The maximum absolute atomic E-state index is 5.01. The fraction of sp³-hybridized carbons (Fsp3) is 1.00. The molecule has 2 rings (SSSR count). The number of fused-ring (bicyclic) bond motifs is 1. The van der Waals surface area contributed by atoms with Gasteiger partial charge in [0.2, 0.25) is 0 Å². The van der Waals surface area contributed by atoms with Crippen molar-refractivity contribution in [2.75, 3.05) is 7.11 Å². The van der Waals surface area contributed by atoms with Gasteiger partial charge in [0.25, 0.3) is 0 Å². The smallest absolute Gasteiger partial charge is 0.0572 e. The Balaban J connectivity index is 1.84. The second kappa shape index (κ2) is 4.43. The van der Waals surface area contributed by atoms with Crippen molar-refractivity contribution in [1.29, 1.82) is 0 Å². The normalized spacial score (nSPS) is 39.9. The molecule has 2 heteroatoms. The lowest BCUT2D eigenvalue weighted by Gasteiger charge is -2.39. The molecule has 0 aromatic rings. The quantitative estimate of drug-likeness (QED) is 0.664. The van der Waals surface area contributed by atoms with Crippen molar-refractivity contribution in [1.82, 2.24) is 5.48 Å². The van der Waals surface area contributed by atoms with E-state index in [1.165, 1.54) is 44.9 Å². The van der Waals surface area contributed by atoms with Crippen LogP contribution in [-0.4, -0.2) is 13.2 Å². The third-order valence-electron chi connectivity index (χ3n) is 3.82. The topological polar surface area (TPSA) is 21.3 Å². The molecule has 2 nitrogen and oxygen atoms in total. The minimum absolute atomic E-state index is 0.629. The highest BCUT2D eigenvalue weighted by Crippen LogP contribution is 2.40. The molecule has 0 bridgehead atoms. The predicted octanol–water partition coefficient (Wildman–Crippen LogP) is 2.50. The maximum Gasteiger partial charge on any atom is 0.0572 e. The van der Waals surface area contributed by atoms with Gasteiger partial charge >= 0.3 is 0 Å². The minimum Gasteiger partial charge on any atom is -0.305 e. The Labute approximate surface area is 81.0 Å². The molecule has 0 aliphatic heterocycles. The van der Waals surface area contributed by atoms with Crippen LogP contribution in [0, 0.1) is 11.8 Å². The van der Waals surface area contributed by atoms with Crippen LogP contribution in [0.3, 0.4) is 0 Å². The number of nitrogens with one attached hydrogen (secondary N) is 1. The molecule has 76 valence electrons. The van der Waals surface area contributed by atoms with Crippen LogP contribution in [0.15, 0.2) is 0 Å². The van der Waals surface area contributed by atoms with E-state index in [4.69, 9.17) is 4.84 Å². The summed E-state index contributed by atoms with van der Waals surface area (Å²) >= 11 is 0. The summed E-state index contributed by atoms with van der Waals surface area (Å²) in [4.78, 5) is 5.01. The van der Waals surface area contributed by atoms with Crippen LogP contribution in [0.1, 0.15) is 44.9 Å². The fourth-order valence-corrected chi connectivity index (χ4v) is 3.15. The summed E-state index contributed by atoms with van der Waals surface area (Å²) in [6.07, 6.45) is 9.97. The molecule has 2 aliphatic rings. The Morgan fingerprint density at radius 2 is 1.77 bits per heavy atom. The van der Waals surface area contributed by atoms with E-state index in [2.05, 4.69) is 5.48 Å². The van der Waals surface area contributed by atoms with E-state index in [-0.39, 0.29) is 0 Å². The molecule has 0 aromatic heterocycles. The Hall–Kier alpha value is -0.0800. The summed E-state index contributed by atoms with van der Waals surface area (Å²) < 4.78 is 0. The average molecular weight is 183 g/mol. The van der Waals surface area contributed by atoms with Gasteiger partial charge in [-0.2, -0.15) is 5.48 Å². The van der Waals surface area contributed by atoms with Crippen molar-refractivity contribution < 1.29 is 4.84 Å². The molecule has 3 unspecified atom stereocenters. The van der Waals surface area contributed by atoms with E-state index < -0.39 is 0 Å². The van der Waals surface area contributed by atoms with Gasteiger partial charge in [-0.3, -0.25) is 0 Å². The molecular formula is C11H21NO. The lowest BCUT2D eigenvalue weighted by Crippen LogP contribution is -2.38. The van der Waals surface area contributed by atoms with Crippen molar-refractivity contribution in [2.45, 2.75) is 51.0 Å². The van der Waals surface area contributed by atoms with Crippen molar-refractivity contribution in [3.8, 4) is 0 Å². The number of hydrogen-bond donors (Lipinski definition) is 1. The Kier molecular flexibility index (Phi) is 3.23. The second-order valence-electron chi connectivity index (χ2n) is 4.64. The summed E-state index contributed by atoms with van der Waals surface area (Å²) in [5, 5.41) is 0. The van der Waals surface area contributed by atoms with Gasteiger partial charge in [-0.15, -0.1) is 0 Å². The second-order valence-corrected chi connectivity index (χ2v) is 4.64. The van der Waals surface area contributed by atoms with Gasteiger partial charge in [0, 0.05) is 6.04 Å². The van der Waals surface area contributed by atoms with Gasteiger partial charge in [-0.1, -0.05) is 25.7 Å². The van der Waals surface area contributed by atoms with Crippen LogP contribution >= 0.6 is 0 Å². The molecule has 0 heterocycles. The zero-order valence-electron chi connectivity index (χ0n) is 8.59. The van der Waals surface area contributed by atoms with E-state index in [0.29, 0.717) is 6.04 Å². The summed E-state index contributed by atoms with van der Waals surface area (Å²) in [5.41, 5.74) is 3.12. The first kappa shape index (κ1) is 9.47. The zero-order valence-corrected chi connectivity index (χ0v) is 8.59. The highest BCUT2D eigenvalue weighted by Gasteiger charge is 2.31. The first-order chi connectivity index (χ1) is 6.40. The summed E-state index contributed by atoms with van der Waals surface area (Å²) in [7, 11) is 1.73. The van der Waals surface area contributed by atoms with Crippen molar-refractivity contribution in [3.05, 3.63) is 0 Å². The van der Waals surface area contributed by atoms with E-state index in [0.717, 1.165) is 11.8 Å². The number of hydroxylamine groups is 1. The van der Waals surface area contributed by atoms with E-state index in [1.807, 2.05) is 0 Å². The van der Waals surface area contributed by atoms with Crippen molar-refractivity contribution in [2.24, 2.45) is 11.8 Å². The molecule has 0 saturated heterocycles. The molecule has 2 saturated carbocycles. The molecular weight excluding hydrogens is 162 g/mol. The van der Waals surface area contributed by atoms with Crippen LogP contribution in [-0.2, 0) is 4.84 Å². The first-order valence-corrected chi connectivity index (χ1v) is 5.68. The predicted molar refractivity (Wildman–Crippen MR) is 53.2 cm³/mol. The number of hydrogen-bond acceptors (Lipinski definition) is 2. The standard InChI is InChI=1S/C11H21NO/c1-13-12-11-7-6-9-4-2-3-5-10(9)8-11/h9-12H,2-8H2,1H3. The molecule has 0 radical (unpaired) electrons. The van der Waals surface area contributed by atoms with Gasteiger partial charge in [-0.25, -0.2) is 0 Å². The Bertz CT molecular complexity index is 160. The van der Waals surface area contributed by atoms with Crippen LogP contribution in [0.5, 0.6) is 0 Å². The monoisotopic (exact) mass is 183 g/mol. The Morgan fingerprint density at radius 1 is 1.00 bits per heavy atom. The van der Waals surface area contributed by atoms with Gasteiger partial charge in [-0.05, 0) is 31.1 Å². The van der Waals surface area contributed by atoms with Crippen LogP contribution in [0.2, 0.25) is 0 Å². The minimum atomic E-state index is 0.629.